The van der Waals surface area contributed by atoms with Crippen molar-refractivity contribution >= 4 is 17.5 Å². The lowest BCUT2D eigenvalue weighted by Gasteiger charge is -2.22. The number of benzene rings is 2. The molecule has 8 nitrogen and oxygen atoms in total. The first-order valence-electron chi connectivity index (χ1n) is 9.72. The van der Waals surface area contributed by atoms with Crippen LogP contribution in [0.5, 0.6) is 5.75 Å². The Morgan fingerprint density at radius 2 is 2.03 bits per heavy atom. The maximum absolute atomic E-state index is 13.1. The van der Waals surface area contributed by atoms with E-state index in [0.29, 0.717) is 35.3 Å². The van der Waals surface area contributed by atoms with Crippen molar-refractivity contribution in [2.75, 3.05) is 19.0 Å². The van der Waals surface area contributed by atoms with Gasteiger partial charge in [-0.3, -0.25) is 9.59 Å². The van der Waals surface area contributed by atoms with Gasteiger partial charge in [-0.05, 0) is 43.2 Å². The van der Waals surface area contributed by atoms with Crippen molar-refractivity contribution in [3.63, 3.8) is 0 Å². The molecule has 0 saturated carbocycles. The monoisotopic (exact) mass is 406 g/mol. The normalized spacial score (nSPS) is 15.8. The predicted octanol–water partition coefficient (Wildman–Crippen LogP) is 3.68. The molecule has 4 rings (SSSR count). The third kappa shape index (κ3) is 3.89. The largest absolute Gasteiger partial charge is 0.496 e. The van der Waals surface area contributed by atoms with Gasteiger partial charge in [0.05, 0.1) is 12.7 Å². The number of carbonyl (C=O) groups is 2. The summed E-state index contributed by atoms with van der Waals surface area (Å²) < 4.78 is 10.9. The summed E-state index contributed by atoms with van der Waals surface area (Å²) in [5, 5.41) is 6.80. The lowest BCUT2D eigenvalue weighted by atomic mass is 10.1. The first-order chi connectivity index (χ1) is 14.6. The van der Waals surface area contributed by atoms with Crippen molar-refractivity contribution in [2.45, 2.75) is 25.8 Å². The second kappa shape index (κ2) is 8.36. The Labute approximate surface area is 173 Å². The van der Waals surface area contributed by atoms with Crippen LogP contribution in [0.15, 0.2) is 53.1 Å². The fraction of sp³-hybridized carbons (Fsp3) is 0.273. The summed E-state index contributed by atoms with van der Waals surface area (Å²) >= 11 is 0. The first-order valence-corrected chi connectivity index (χ1v) is 9.72. The van der Waals surface area contributed by atoms with E-state index in [4.69, 9.17) is 9.26 Å². The Balaban J connectivity index is 1.58. The third-order valence-electron chi connectivity index (χ3n) is 5.02. The average Bonchev–Trinajstić information content (AvgIpc) is 3.42. The fourth-order valence-corrected chi connectivity index (χ4v) is 3.67. The summed E-state index contributed by atoms with van der Waals surface area (Å²) in [5.74, 6) is 1.16. The third-order valence-corrected chi connectivity index (χ3v) is 5.02. The summed E-state index contributed by atoms with van der Waals surface area (Å²) in [5.41, 5.74) is 1.81. The van der Waals surface area contributed by atoms with E-state index in [9.17, 15) is 9.59 Å². The van der Waals surface area contributed by atoms with Crippen molar-refractivity contribution < 1.29 is 18.8 Å². The molecule has 1 aliphatic heterocycles. The minimum Gasteiger partial charge on any atom is -0.496 e. The molecule has 0 bridgehead atoms. The molecule has 2 amide bonds. The van der Waals surface area contributed by atoms with Crippen LogP contribution in [0.4, 0.5) is 5.69 Å². The van der Waals surface area contributed by atoms with Gasteiger partial charge in [0.2, 0.25) is 17.6 Å². The van der Waals surface area contributed by atoms with Gasteiger partial charge in [0.25, 0.3) is 5.91 Å². The molecule has 30 heavy (non-hydrogen) atoms. The van der Waals surface area contributed by atoms with Gasteiger partial charge in [-0.25, -0.2) is 0 Å². The first kappa shape index (κ1) is 19.6. The molecule has 0 spiro atoms. The van der Waals surface area contributed by atoms with Crippen molar-refractivity contribution in [1.29, 1.82) is 0 Å². The number of para-hydroxylation sites is 1. The molecular formula is C22H22N4O4. The van der Waals surface area contributed by atoms with E-state index in [2.05, 4.69) is 15.5 Å². The second-order valence-corrected chi connectivity index (χ2v) is 7.08. The van der Waals surface area contributed by atoms with Gasteiger partial charge in [0.1, 0.15) is 11.8 Å². The zero-order chi connectivity index (χ0) is 21.1. The zero-order valence-corrected chi connectivity index (χ0v) is 16.8. The number of hydrogen-bond acceptors (Lipinski definition) is 6. The van der Waals surface area contributed by atoms with Crippen LogP contribution in [0.1, 0.15) is 42.1 Å². The molecule has 1 aliphatic rings. The number of rotatable bonds is 5. The SMILES string of the molecule is COc1ccccc1-c1noc([C@H]2CCCN2C(=O)c2cccc(NC(C)=O)c2)n1. The number of amides is 2. The van der Waals surface area contributed by atoms with Gasteiger partial charge < -0.3 is 19.5 Å². The number of carbonyl (C=O) groups excluding carboxylic acids is 2. The van der Waals surface area contributed by atoms with E-state index >= 15 is 0 Å². The van der Waals surface area contributed by atoms with Crippen molar-refractivity contribution in [3.05, 3.63) is 60.0 Å². The van der Waals surface area contributed by atoms with E-state index < -0.39 is 0 Å². The van der Waals surface area contributed by atoms with Gasteiger partial charge in [0.15, 0.2) is 0 Å². The number of ether oxygens (including phenoxy) is 1. The van der Waals surface area contributed by atoms with Gasteiger partial charge in [-0.15, -0.1) is 0 Å². The molecule has 0 radical (unpaired) electrons. The molecule has 0 aliphatic carbocycles. The number of nitrogens with one attached hydrogen (secondary N) is 1. The van der Waals surface area contributed by atoms with Crippen LogP contribution in [0.25, 0.3) is 11.4 Å². The van der Waals surface area contributed by atoms with Crippen molar-refractivity contribution in [2.24, 2.45) is 0 Å². The van der Waals surface area contributed by atoms with E-state index in [0.717, 1.165) is 18.4 Å². The number of aromatic nitrogens is 2. The Hall–Kier alpha value is -3.68. The molecule has 2 heterocycles. The molecule has 1 atom stereocenters. The van der Waals surface area contributed by atoms with Crippen LogP contribution in [0, 0.1) is 0 Å². The number of likely N-dealkylation sites (tertiary alicyclic amines) is 1. The van der Waals surface area contributed by atoms with Crippen LogP contribution in [0.3, 0.4) is 0 Å². The highest BCUT2D eigenvalue weighted by molar-refractivity contribution is 5.97. The molecule has 8 heteroatoms. The number of anilines is 1. The number of nitrogens with zero attached hydrogens (tertiary/aromatic N) is 3. The highest BCUT2D eigenvalue weighted by atomic mass is 16.5. The van der Waals surface area contributed by atoms with Crippen LogP contribution < -0.4 is 10.1 Å². The molecule has 1 saturated heterocycles. The Bertz CT molecular complexity index is 1080. The summed E-state index contributed by atoms with van der Waals surface area (Å²) in [6.45, 7) is 2.03. The summed E-state index contributed by atoms with van der Waals surface area (Å²) in [6.07, 6.45) is 1.58. The summed E-state index contributed by atoms with van der Waals surface area (Å²) in [7, 11) is 1.59. The van der Waals surface area contributed by atoms with Crippen molar-refractivity contribution in [3.8, 4) is 17.1 Å². The average molecular weight is 406 g/mol. The molecule has 1 aromatic heterocycles. The smallest absolute Gasteiger partial charge is 0.254 e. The maximum atomic E-state index is 13.1. The molecule has 154 valence electrons. The number of methoxy groups -OCH3 is 1. The molecule has 3 aromatic rings. The maximum Gasteiger partial charge on any atom is 0.254 e. The highest BCUT2D eigenvalue weighted by Crippen LogP contribution is 2.35. The van der Waals surface area contributed by atoms with Gasteiger partial charge in [-0.1, -0.05) is 23.4 Å². The van der Waals surface area contributed by atoms with E-state index in [1.165, 1.54) is 6.92 Å². The Morgan fingerprint density at radius 1 is 1.20 bits per heavy atom. The zero-order valence-electron chi connectivity index (χ0n) is 16.8. The van der Waals surface area contributed by atoms with E-state index in [1.54, 1.807) is 36.3 Å². The number of hydrogen-bond donors (Lipinski definition) is 1. The van der Waals surface area contributed by atoms with E-state index in [1.807, 2.05) is 24.3 Å². The van der Waals surface area contributed by atoms with Crippen LogP contribution in [-0.2, 0) is 4.79 Å². The standard InChI is InChI=1S/C22H22N4O4/c1-14(27)23-16-8-5-7-15(13-16)22(28)26-12-6-10-18(26)21-24-20(25-30-21)17-9-3-4-11-19(17)29-2/h3-5,7-9,11,13,18H,6,10,12H2,1-2H3,(H,23,27)/t18-/m1/s1. The molecular weight excluding hydrogens is 384 g/mol. The topological polar surface area (TPSA) is 97.6 Å². The predicted molar refractivity (Wildman–Crippen MR) is 110 cm³/mol. The second-order valence-electron chi connectivity index (χ2n) is 7.08. The lowest BCUT2D eigenvalue weighted by molar-refractivity contribution is -0.114. The minimum absolute atomic E-state index is 0.137. The van der Waals surface area contributed by atoms with Crippen LogP contribution in [-0.4, -0.2) is 40.5 Å². The quantitative estimate of drug-likeness (QED) is 0.694. The van der Waals surface area contributed by atoms with Gasteiger partial charge >= 0.3 is 0 Å². The molecule has 0 unspecified atom stereocenters. The van der Waals surface area contributed by atoms with Gasteiger partial charge in [-0.2, -0.15) is 4.98 Å². The highest BCUT2D eigenvalue weighted by Gasteiger charge is 2.35. The van der Waals surface area contributed by atoms with Crippen LogP contribution >= 0.6 is 0 Å². The minimum atomic E-state index is -0.294. The summed E-state index contributed by atoms with van der Waals surface area (Å²) in [4.78, 5) is 30.7. The fourth-order valence-electron chi connectivity index (χ4n) is 3.67. The summed E-state index contributed by atoms with van der Waals surface area (Å²) in [6, 6.07) is 14.0. The Kier molecular flexibility index (Phi) is 5.47. The molecule has 1 N–H and O–H groups in total. The molecule has 1 fully saturated rings. The van der Waals surface area contributed by atoms with Crippen LogP contribution in [0.2, 0.25) is 0 Å². The Morgan fingerprint density at radius 3 is 2.83 bits per heavy atom. The molecule has 2 aromatic carbocycles. The van der Waals surface area contributed by atoms with E-state index in [-0.39, 0.29) is 17.9 Å². The van der Waals surface area contributed by atoms with Crippen molar-refractivity contribution in [1.82, 2.24) is 15.0 Å². The lowest BCUT2D eigenvalue weighted by Crippen LogP contribution is -2.30. The van der Waals surface area contributed by atoms with Gasteiger partial charge in [0, 0.05) is 24.7 Å².